The highest BCUT2D eigenvalue weighted by atomic mass is 32.1. The van der Waals surface area contributed by atoms with Crippen LogP contribution in [-0.2, 0) is 13.1 Å². The second-order valence-electron chi connectivity index (χ2n) is 3.23. The number of aryl methyl sites for hydroxylation is 1. The van der Waals surface area contributed by atoms with Gasteiger partial charge in [0.25, 0.3) is 0 Å². The zero-order valence-electron chi connectivity index (χ0n) is 8.10. The van der Waals surface area contributed by atoms with E-state index in [0.29, 0.717) is 6.54 Å². The molecule has 2 rings (SSSR count). The first-order chi connectivity index (χ1) is 6.79. The Balaban J connectivity index is 2.20. The van der Waals surface area contributed by atoms with E-state index >= 15 is 0 Å². The molecule has 0 unspecified atom stereocenters. The Kier molecular flexibility index (Phi) is 2.65. The summed E-state index contributed by atoms with van der Waals surface area (Å²) < 4.78 is 2.06. The zero-order chi connectivity index (χ0) is 9.97. The second-order valence-corrected chi connectivity index (χ2v) is 4.57. The summed E-state index contributed by atoms with van der Waals surface area (Å²) in [7, 11) is 0. The van der Waals surface area contributed by atoms with Gasteiger partial charge in [0.1, 0.15) is 0 Å². The third-order valence-corrected chi connectivity index (χ3v) is 3.30. The molecule has 2 aromatic heterocycles. The van der Waals surface area contributed by atoms with E-state index in [4.69, 9.17) is 5.73 Å². The van der Waals surface area contributed by atoms with E-state index < -0.39 is 0 Å². The fourth-order valence-corrected chi connectivity index (χ4v) is 2.35. The summed E-state index contributed by atoms with van der Waals surface area (Å²) in [4.78, 5) is 6.61. The highest BCUT2D eigenvalue weighted by Crippen LogP contribution is 2.21. The minimum atomic E-state index is 0.634. The van der Waals surface area contributed by atoms with E-state index in [-0.39, 0.29) is 0 Å². The first-order valence-corrected chi connectivity index (χ1v) is 5.35. The number of nitrogens with zero attached hydrogens (tertiary/aromatic N) is 2. The Morgan fingerprint density at radius 1 is 1.57 bits per heavy atom. The molecule has 0 aromatic carbocycles. The molecule has 4 heteroatoms. The summed E-state index contributed by atoms with van der Waals surface area (Å²) in [6.45, 7) is 3.66. The molecule has 0 spiro atoms. The van der Waals surface area contributed by atoms with Crippen LogP contribution in [0.4, 0.5) is 0 Å². The standard InChI is InChI=1S/C10H13N3S/c1-8-9(4-10(5-11)14-8)6-13-3-2-12-7-13/h2-4,7H,5-6,11H2,1H3. The van der Waals surface area contributed by atoms with Gasteiger partial charge in [-0.05, 0) is 18.6 Å². The lowest BCUT2D eigenvalue weighted by molar-refractivity contribution is 0.795. The van der Waals surface area contributed by atoms with Gasteiger partial charge in [0, 0.05) is 35.2 Å². The molecule has 0 atom stereocenters. The van der Waals surface area contributed by atoms with Crippen molar-refractivity contribution in [2.75, 3.05) is 0 Å². The van der Waals surface area contributed by atoms with Crippen molar-refractivity contribution >= 4 is 11.3 Å². The largest absolute Gasteiger partial charge is 0.333 e. The highest BCUT2D eigenvalue weighted by Gasteiger charge is 2.04. The van der Waals surface area contributed by atoms with E-state index in [1.165, 1.54) is 15.3 Å². The molecule has 3 nitrogen and oxygen atoms in total. The van der Waals surface area contributed by atoms with Gasteiger partial charge in [0.15, 0.2) is 0 Å². The van der Waals surface area contributed by atoms with Gasteiger partial charge in [-0.2, -0.15) is 0 Å². The van der Waals surface area contributed by atoms with Crippen LogP contribution in [0.25, 0.3) is 0 Å². The van der Waals surface area contributed by atoms with Crippen molar-refractivity contribution in [3.63, 3.8) is 0 Å². The fraction of sp³-hybridized carbons (Fsp3) is 0.300. The SMILES string of the molecule is Cc1sc(CN)cc1Cn1ccnc1. The lowest BCUT2D eigenvalue weighted by Gasteiger charge is -1.99. The van der Waals surface area contributed by atoms with Gasteiger partial charge in [-0.3, -0.25) is 0 Å². The van der Waals surface area contributed by atoms with Crippen molar-refractivity contribution in [3.05, 3.63) is 40.1 Å². The predicted octanol–water partition coefficient (Wildman–Crippen LogP) is 1.76. The van der Waals surface area contributed by atoms with Crippen LogP contribution in [0.3, 0.4) is 0 Å². The lowest BCUT2D eigenvalue weighted by Crippen LogP contribution is -1.96. The molecule has 2 aromatic rings. The summed E-state index contributed by atoms with van der Waals surface area (Å²) in [6.07, 6.45) is 5.60. The lowest BCUT2D eigenvalue weighted by atomic mass is 10.2. The van der Waals surface area contributed by atoms with E-state index in [0.717, 1.165) is 6.54 Å². The van der Waals surface area contributed by atoms with Gasteiger partial charge in [0.05, 0.1) is 6.33 Å². The number of hydrogen-bond acceptors (Lipinski definition) is 3. The number of imidazole rings is 1. The maximum absolute atomic E-state index is 5.60. The summed E-state index contributed by atoms with van der Waals surface area (Å²) in [5.41, 5.74) is 6.94. The van der Waals surface area contributed by atoms with Gasteiger partial charge < -0.3 is 10.3 Å². The monoisotopic (exact) mass is 207 g/mol. The van der Waals surface area contributed by atoms with Crippen molar-refractivity contribution in [1.29, 1.82) is 0 Å². The van der Waals surface area contributed by atoms with Crippen molar-refractivity contribution in [1.82, 2.24) is 9.55 Å². The molecule has 74 valence electrons. The van der Waals surface area contributed by atoms with Crippen LogP contribution in [0, 0.1) is 6.92 Å². The minimum absolute atomic E-state index is 0.634. The van der Waals surface area contributed by atoms with Crippen molar-refractivity contribution < 1.29 is 0 Å². The van der Waals surface area contributed by atoms with Gasteiger partial charge >= 0.3 is 0 Å². The minimum Gasteiger partial charge on any atom is -0.333 e. The Bertz CT molecular complexity index is 403. The van der Waals surface area contributed by atoms with Gasteiger partial charge in [-0.15, -0.1) is 11.3 Å². The Hall–Kier alpha value is -1.13. The summed E-state index contributed by atoms with van der Waals surface area (Å²) >= 11 is 1.78. The number of aromatic nitrogens is 2. The van der Waals surface area contributed by atoms with Gasteiger partial charge in [-0.25, -0.2) is 4.98 Å². The average Bonchev–Trinajstić information content (AvgIpc) is 2.78. The van der Waals surface area contributed by atoms with Crippen LogP contribution < -0.4 is 5.73 Å². The fourth-order valence-electron chi connectivity index (χ4n) is 1.42. The van der Waals surface area contributed by atoms with Crippen LogP contribution in [0.15, 0.2) is 24.8 Å². The van der Waals surface area contributed by atoms with Crippen LogP contribution in [-0.4, -0.2) is 9.55 Å². The molecule has 0 saturated carbocycles. The van der Waals surface area contributed by atoms with Crippen molar-refractivity contribution in [2.45, 2.75) is 20.0 Å². The van der Waals surface area contributed by atoms with Crippen LogP contribution in [0.1, 0.15) is 15.3 Å². The third-order valence-electron chi connectivity index (χ3n) is 2.18. The Morgan fingerprint density at radius 2 is 2.43 bits per heavy atom. The molecular formula is C10H13N3S. The number of hydrogen-bond donors (Lipinski definition) is 1. The molecule has 0 aliphatic rings. The molecule has 0 fully saturated rings. The predicted molar refractivity (Wildman–Crippen MR) is 58.3 cm³/mol. The molecule has 14 heavy (non-hydrogen) atoms. The smallest absolute Gasteiger partial charge is 0.0949 e. The number of nitrogens with two attached hydrogens (primary N) is 1. The average molecular weight is 207 g/mol. The molecular weight excluding hydrogens is 194 g/mol. The summed E-state index contributed by atoms with van der Waals surface area (Å²) in [5, 5.41) is 0. The maximum Gasteiger partial charge on any atom is 0.0949 e. The topological polar surface area (TPSA) is 43.8 Å². The zero-order valence-corrected chi connectivity index (χ0v) is 8.92. The number of rotatable bonds is 3. The molecule has 0 saturated heterocycles. The highest BCUT2D eigenvalue weighted by molar-refractivity contribution is 7.12. The van der Waals surface area contributed by atoms with Crippen LogP contribution in [0.2, 0.25) is 0 Å². The van der Waals surface area contributed by atoms with Crippen molar-refractivity contribution in [3.8, 4) is 0 Å². The Labute approximate surface area is 87.2 Å². The van der Waals surface area contributed by atoms with Crippen molar-refractivity contribution in [2.24, 2.45) is 5.73 Å². The molecule has 2 N–H and O–H groups in total. The molecule has 0 radical (unpaired) electrons. The van der Waals surface area contributed by atoms with Crippen LogP contribution >= 0.6 is 11.3 Å². The molecule has 0 amide bonds. The molecule has 2 heterocycles. The van der Waals surface area contributed by atoms with E-state index in [9.17, 15) is 0 Å². The van der Waals surface area contributed by atoms with Gasteiger partial charge in [-0.1, -0.05) is 0 Å². The van der Waals surface area contributed by atoms with E-state index in [1.807, 2.05) is 12.5 Å². The molecule has 0 bridgehead atoms. The summed E-state index contributed by atoms with van der Waals surface area (Å²) in [6, 6.07) is 2.18. The normalized spacial score (nSPS) is 10.7. The Morgan fingerprint density at radius 3 is 3.00 bits per heavy atom. The van der Waals surface area contributed by atoms with Gasteiger partial charge in [0.2, 0.25) is 0 Å². The first kappa shape index (κ1) is 9.43. The van der Waals surface area contributed by atoms with E-state index in [2.05, 4.69) is 22.5 Å². The van der Waals surface area contributed by atoms with Crippen LogP contribution in [0.5, 0.6) is 0 Å². The maximum atomic E-state index is 5.60. The third kappa shape index (κ3) is 1.86. The first-order valence-electron chi connectivity index (χ1n) is 4.53. The quantitative estimate of drug-likeness (QED) is 0.833. The van der Waals surface area contributed by atoms with E-state index in [1.54, 1.807) is 17.5 Å². The summed E-state index contributed by atoms with van der Waals surface area (Å²) in [5.74, 6) is 0. The molecule has 0 aliphatic heterocycles. The molecule has 0 aliphatic carbocycles. The second kappa shape index (κ2) is 3.94. The number of thiophene rings is 1.